The topological polar surface area (TPSA) is 83.2 Å². The van der Waals surface area contributed by atoms with Gasteiger partial charge in [-0.1, -0.05) is 24.3 Å². The predicted molar refractivity (Wildman–Crippen MR) is 64.3 cm³/mol. The molecule has 0 unspecified atom stereocenters. The van der Waals surface area contributed by atoms with Gasteiger partial charge in [-0.25, -0.2) is 8.42 Å². The largest absolute Gasteiger partial charge is 1.00 e. The molecule has 0 saturated heterocycles. The van der Waals surface area contributed by atoms with Gasteiger partial charge in [-0.2, -0.15) is 0 Å². The summed E-state index contributed by atoms with van der Waals surface area (Å²) < 4.78 is 32.3. The molecule has 88 valence electrons. The van der Waals surface area contributed by atoms with Crippen molar-refractivity contribution in [2.75, 3.05) is 5.73 Å². The van der Waals surface area contributed by atoms with Gasteiger partial charge in [0, 0.05) is 5.69 Å². The fourth-order valence-corrected chi connectivity index (χ4v) is 1.96. The SMILES string of the molecule is Nc1ccc(-c2ccc(S(=O)(=O)[O-])cc2)cc1.[K+]. The summed E-state index contributed by atoms with van der Waals surface area (Å²) in [4.78, 5) is -0.225. The summed E-state index contributed by atoms with van der Waals surface area (Å²) in [6.07, 6.45) is 0. The van der Waals surface area contributed by atoms with Gasteiger partial charge >= 0.3 is 51.4 Å². The summed E-state index contributed by atoms with van der Waals surface area (Å²) in [7, 11) is -4.38. The van der Waals surface area contributed by atoms with Crippen LogP contribution in [0, 0.1) is 0 Å². The van der Waals surface area contributed by atoms with Crippen LogP contribution in [0.1, 0.15) is 0 Å². The maximum Gasteiger partial charge on any atom is 1.00 e. The van der Waals surface area contributed by atoms with Crippen LogP contribution in [0.4, 0.5) is 5.69 Å². The second-order valence-electron chi connectivity index (χ2n) is 3.60. The van der Waals surface area contributed by atoms with Gasteiger partial charge in [0.1, 0.15) is 10.1 Å². The Bertz CT molecular complexity index is 621. The van der Waals surface area contributed by atoms with Crippen molar-refractivity contribution < 1.29 is 64.4 Å². The quantitative estimate of drug-likeness (QED) is 0.429. The molecule has 0 atom stereocenters. The third-order valence-electron chi connectivity index (χ3n) is 2.39. The molecule has 0 saturated carbocycles. The van der Waals surface area contributed by atoms with E-state index >= 15 is 0 Å². The third kappa shape index (κ3) is 3.89. The molecular formula is C12H10KNO3S. The Labute approximate surface area is 148 Å². The Balaban J connectivity index is 0.00000162. The van der Waals surface area contributed by atoms with Gasteiger partial charge in [0.25, 0.3) is 0 Å². The van der Waals surface area contributed by atoms with Crippen molar-refractivity contribution in [2.24, 2.45) is 0 Å². The van der Waals surface area contributed by atoms with Crippen LogP contribution >= 0.6 is 0 Å². The van der Waals surface area contributed by atoms with Crippen molar-refractivity contribution in [1.82, 2.24) is 0 Å². The van der Waals surface area contributed by atoms with Crippen LogP contribution in [0.2, 0.25) is 0 Å². The molecule has 0 heterocycles. The van der Waals surface area contributed by atoms with Crippen molar-refractivity contribution in [3.8, 4) is 11.1 Å². The number of anilines is 1. The van der Waals surface area contributed by atoms with Crippen LogP contribution in [0.3, 0.4) is 0 Å². The fraction of sp³-hybridized carbons (Fsp3) is 0. The van der Waals surface area contributed by atoms with Crippen molar-refractivity contribution in [3.05, 3.63) is 48.5 Å². The van der Waals surface area contributed by atoms with E-state index in [0.29, 0.717) is 5.69 Å². The molecule has 0 spiro atoms. The molecule has 0 aliphatic carbocycles. The molecule has 2 aromatic rings. The zero-order valence-electron chi connectivity index (χ0n) is 9.83. The minimum Gasteiger partial charge on any atom is -0.744 e. The van der Waals surface area contributed by atoms with Gasteiger partial charge in [-0.3, -0.25) is 0 Å². The average Bonchev–Trinajstić information content (AvgIpc) is 2.29. The Morgan fingerprint density at radius 2 is 1.22 bits per heavy atom. The van der Waals surface area contributed by atoms with E-state index in [4.69, 9.17) is 5.73 Å². The summed E-state index contributed by atoms with van der Waals surface area (Å²) in [6.45, 7) is 0. The first-order chi connectivity index (χ1) is 7.97. The fourth-order valence-electron chi connectivity index (χ4n) is 1.49. The summed E-state index contributed by atoms with van der Waals surface area (Å²) in [5.41, 5.74) is 7.97. The van der Waals surface area contributed by atoms with Gasteiger partial charge in [0.2, 0.25) is 0 Å². The van der Waals surface area contributed by atoms with Crippen LogP contribution in [-0.4, -0.2) is 13.0 Å². The van der Waals surface area contributed by atoms with E-state index in [1.807, 2.05) is 12.1 Å². The smallest absolute Gasteiger partial charge is 0.744 e. The van der Waals surface area contributed by atoms with Crippen LogP contribution in [0.25, 0.3) is 11.1 Å². The number of nitrogens with two attached hydrogens (primary N) is 1. The minimum atomic E-state index is -4.38. The summed E-state index contributed by atoms with van der Waals surface area (Å²) in [5.74, 6) is 0. The molecular weight excluding hydrogens is 277 g/mol. The van der Waals surface area contributed by atoms with Crippen molar-refractivity contribution >= 4 is 15.8 Å². The Kier molecular flexibility index (Phi) is 5.54. The van der Waals surface area contributed by atoms with Crippen molar-refractivity contribution in [2.45, 2.75) is 4.90 Å². The van der Waals surface area contributed by atoms with E-state index in [9.17, 15) is 13.0 Å². The first kappa shape index (κ1) is 15.8. The van der Waals surface area contributed by atoms with E-state index in [1.165, 1.54) is 12.1 Å². The zero-order chi connectivity index (χ0) is 12.5. The zero-order valence-corrected chi connectivity index (χ0v) is 13.8. The van der Waals surface area contributed by atoms with Gasteiger partial charge in [0.15, 0.2) is 0 Å². The molecule has 2 rings (SSSR count). The van der Waals surface area contributed by atoms with E-state index in [0.717, 1.165) is 11.1 Å². The van der Waals surface area contributed by atoms with Crippen LogP contribution in [0.5, 0.6) is 0 Å². The molecule has 6 heteroatoms. The second kappa shape index (κ2) is 6.29. The number of benzene rings is 2. The van der Waals surface area contributed by atoms with Gasteiger partial charge in [-0.15, -0.1) is 0 Å². The number of hydrogen-bond donors (Lipinski definition) is 1. The second-order valence-corrected chi connectivity index (χ2v) is 4.98. The Hall–Kier alpha value is -0.214. The van der Waals surface area contributed by atoms with Gasteiger partial charge < -0.3 is 10.3 Å². The van der Waals surface area contributed by atoms with Gasteiger partial charge in [-0.05, 0) is 35.4 Å². The minimum absolute atomic E-state index is 0. The van der Waals surface area contributed by atoms with E-state index < -0.39 is 10.1 Å². The molecule has 18 heavy (non-hydrogen) atoms. The van der Waals surface area contributed by atoms with Crippen LogP contribution in [0.15, 0.2) is 53.4 Å². The summed E-state index contributed by atoms with van der Waals surface area (Å²) in [5, 5.41) is 0. The van der Waals surface area contributed by atoms with E-state index in [-0.39, 0.29) is 56.3 Å². The molecule has 4 nitrogen and oxygen atoms in total. The van der Waals surface area contributed by atoms with Crippen molar-refractivity contribution in [1.29, 1.82) is 0 Å². The first-order valence-corrected chi connectivity index (χ1v) is 6.29. The number of rotatable bonds is 2. The molecule has 0 aromatic heterocycles. The maximum absolute atomic E-state index is 10.8. The molecule has 0 amide bonds. The maximum atomic E-state index is 10.8. The Morgan fingerprint density at radius 3 is 1.61 bits per heavy atom. The molecule has 0 aliphatic heterocycles. The predicted octanol–water partition coefficient (Wildman–Crippen LogP) is -1.16. The Morgan fingerprint density at radius 1 is 0.833 bits per heavy atom. The monoisotopic (exact) mass is 287 g/mol. The first-order valence-electron chi connectivity index (χ1n) is 4.89. The van der Waals surface area contributed by atoms with Crippen LogP contribution in [-0.2, 0) is 10.1 Å². The summed E-state index contributed by atoms with van der Waals surface area (Å²) >= 11 is 0. The molecule has 2 N–H and O–H groups in total. The normalized spacial score (nSPS) is 10.7. The number of hydrogen-bond acceptors (Lipinski definition) is 4. The third-order valence-corrected chi connectivity index (χ3v) is 3.24. The molecule has 0 radical (unpaired) electrons. The standard InChI is InChI=1S/C12H11NO3S.K/c13-11-5-1-9(2-6-11)10-3-7-12(8-4-10)17(14,15)16;/h1-8H,13H2,(H,14,15,16);/q;+1/p-1. The number of nitrogen functional groups attached to an aromatic ring is 1. The van der Waals surface area contributed by atoms with E-state index in [1.54, 1.807) is 24.3 Å². The van der Waals surface area contributed by atoms with Crippen LogP contribution < -0.4 is 57.1 Å². The molecule has 2 aromatic carbocycles. The van der Waals surface area contributed by atoms with E-state index in [2.05, 4.69) is 0 Å². The van der Waals surface area contributed by atoms with Crippen molar-refractivity contribution in [3.63, 3.8) is 0 Å². The molecule has 0 fully saturated rings. The van der Waals surface area contributed by atoms with Gasteiger partial charge in [0.05, 0.1) is 4.90 Å². The summed E-state index contributed by atoms with van der Waals surface area (Å²) in [6, 6.07) is 13.0. The molecule has 0 aliphatic rings. The average molecular weight is 287 g/mol. The molecule has 0 bridgehead atoms.